The van der Waals surface area contributed by atoms with Crippen LogP contribution in [0.15, 0.2) is 0 Å². The smallest absolute Gasteiger partial charge is 0.236 e. The van der Waals surface area contributed by atoms with Crippen LogP contribution in [-0.4, -0.2) is 38.8 Å². The Labute approximate surface area is 98.1 Å². The molecule has 0 fully saturated rings. The van der Waals surface area contributed by atoms with Gasteiger partial charge in [-0.1, -0.05) is 0 Å². The van der Waals surface area contributed by atoms with E-state index >= 15 is 0 Å². The Balaban J connectivity index is 3.44. The number of hydrogen-bond acceptors (Lipinski definition) is 3. The van der Waals surface area contributed by atoms with Crippen molar-refractivity contribution in [3.8, 4) is 12.3 Å². The Hall–Kier alpha value is -1.05. The van der Waals surface area contributed by atoms with E-state index in [4.69, 9.17) is 11.2 Å². The van der Waals surface area contributed by atoms with E-state index in [0.29, 0.717) is 13.2 Å². The van der Waals surface area contributed by atoms with Gasteiger partial charge in [-0.25, -0.2) is 0 Å². The predicted octanol–water partition coefficient (Wildman–Crippen LogP) is 0.531. The lowest BCUT2D eigenvalue weighted by Gasteiger charge is -2.13. The lowest BCUT2D eigenvalue weighted by Crippen LogP contribution is -2.43. The molecule has 0 spiro atoms. The summed E-state index contributed by atoms with van der Waals surface area (Å²) >= 11 is 0. The van der Waals surface area contributed by atoms with Crippen molar-refractivity contribution in [3.63, 3.8) is 0 Å². The molecular weight excluding hydrogens is 204 g/mol. The highest BCUT2D eigenvalue weighted by molar-refractivity contribution is 5.81. The van der Waals surface area contributed by atoms with E-state index in [9.17, 15) is 4.79 Å². The number of amides is 1. The molecule has 4 heteroatoms. The molecule has 4 nitrogen and oxygen atoms in total. The van der Waals surface area contributed by atoms with Gasteiger partial charge in [0.05, 0.1) is 12.6 Å². The molecule has 0 aromatic heterocycles. The van der Waals surface area contributed by atoms with Crippen LogP contribution in [0, 0.1) is 12.3 Å². The van der Waals surface area contributed by atoms with Crippen LogP contribution in [0.4, 0.5) is 0 Å². The monoisotopic (exact) mass is 226 g/mol. The molecule has 0 radical (unpaired) electrons. The van der Waals surface area contributed by atoms with Gasteiger partial charge >= 0.3 is 0 Å². The van der Waals surface area contributed by atoms with E-state index < -0.39 is 0 Å². The molecule has 92 valence electrons. The lowest BCUT2D eigenvalue weighted by atomic mass is 10.2. The SMILES string of the molecule is C#CCCCCNC(C)C(=O)NCCOC. The molecule has 0 rings (SSSR count). The highest BCUT2D eigenvalue weighted by Gasteiger charge is 2.10. The van der Waals surface area contributed by atoms with E-state index in [0.717, 1.165) is 25.8 Å². The Bertz CT molecular complexity index is 224. The Morgan fingerprint density at radius 2 is 2.19 bits per heavy atom. The van der Waals surface area contributed by atoms with E-state index in [-0.39, 0.29) is 11.9 Å². The van der Waals surface area contributed by atoms with Crippen LogP contribution < -0.4 is 10.6 Å². The Kier molecular flexibility index (Phi) is 9.78. The largest absolute Gasteiger partial charge is 0.383 e. The minimum absolute atomic E-state index is 0.00833. The number of nitrogens with one attached hydrogen (secondary N) is 2. The van der Waals surface area contributed by atoms with Gasteiger partial charge in [-0.3, -0.25) is 4.79 Å². The van der Waals surface area contributed by atoms with Crippen LogP contribution in [0.2, 0.25) is 0 Å². The Morgan fingerprint density at radius 1 is 1.44 bits per heavy atom. The number of rotatable bonds is 9. The number of methoxy groups -OCH3 is 1. The van der Waals surface area contributed by atoms with Crippen LogP contribution >= 0.6 is 0 Å². The minimum atomic E-state index is -0.164. The molecule has 0 saturated heterocycles. The number of carbonyl (C=O) groups is 1. The summed E-state index contributed by atoms with van der Waals surface area (Å²) in [5.41, 5.74) is 0. The van der Waals surface area contributed by atoms with E-state index in [1.54, 1.807) is 7.11 Å². The zero-order chi connectivity index (χ0) is 12.2. The third-order valence-electron chi connectivity index (χ3n) is 2.20. The molecule has 0 aliphatic carbocycles. The molecule has 0 saturated carbocycles. The zero-order valence-corrected chi connectivity index (χ0v) is 10.2. The van der Waals surface area contributed by atoms with Gasteiger partial charge in [0.2, 0.25) is 5.91 Å². The molecule has 0 heterocycles. The van der Waals surface area contributed by atoms with Crippen molar-refractivity contribution in [1.82, 2.24) is 10.6 Å². The second kappa shape index (κ2) is 10.5. The summed E-state index contributed by atoms with van der Waals surface area (Å²) in [6.45, 7) is 3.77. The molecule has 1 unspecified atom stereocenters. The summed E-state index contributed by atoms with van der Waals surface area (Å²) in [7, 11) is 1.61. The van der Waals surface area contributed by atoms with Gasteiger partial charge in [0.1, 0.15) is 0 Å². The van der Waals surface area contributed by atoms with Crippen LogP contribution in [0.25, 0.3) is 0 Å². The van der Waals surface area contributed by atoms with Crippen molar-refractivity contribution in [2.75, 3.05) is 26.8 Å². The van der Waals surface area contributed by atoms with Gasteiger partial charge in [0.15, 0.2) is 0 Å². The fourth-order valence-electron chi connectivity index (χ4n) is 1.19. The maximum atomic E-state index is 11.5. The summed E-state index contributed by atoms with van der Waals surface area (Å²) in [4.78, 5) is 11.5. The summed E-state index contributed by atoms with van der Waals surface area (Å²) in [5, 5.41) is 5.92. The first-order valence-electron chi connectivity index (χ1n) is 5.66. The highest BCUT2D eigenvalue weighted by atomic mass is 16.5. The van der Waals surface area contributed by atoms with E-state index in [1.807, 2.05) is 6.92 Å². The molecule has 1 amide bonds. The molecule has 1 atom stereocenters. The predicted molar refractivity (Wildman–Crippen MR) is 65.0 cm³/mol. The fourth-order valence-corrected chi connectivity index (χ4v) is 1.19. The van der Waals surface area contributed by atoms with Crippen molar-refractivity contribution in [2.45, 2.75) is 32.2 Å². The zero-order valence-electron chi connectivity index (χ0n) is 10.2. The first-order valence-corrected chi connectivity index (χ1v) is 5.66. The molecule has 0 bridgehead atoms. The third kappa shape index (κ3) is 8.27. The summed E-state index contributed by atoms with van der Waals surface area (Å²) < 4.78 is 4.84. The molecule has 0 aliphatic rings. The number of carbonyl (C=O) groups excluding carboxylic acids is 1. The average molecular weight is 226 g/mol. The van der Waals surface area contributed by atoms with Crippen molar-refractivity contribution in [3.05, 3.63) is 0 Å². The standard InChI is InChI=1S/C12H22N2O2/c1-4-5-6-7-8-13-11(2)12(15)14-9-10-16-3/h1,11,13H,5-10H2,2-3H3,(H,14,15). The number of terminal acetylenes is 1. The number of unbranched alkanes of at least 4 members (excludes halogenated alkanes) is 2. The van der Waals surface area contributed by atoms with Crippen molar-refractivity contribution in [2.24, 2.45) is 0 Å². The third-order valence-corrected chi connectivity index (χ3v) is 2.20. The molecule has 0 aliphatic heterocycles. The lowest BCUT2D eigenvalue weighted by molar-refractivity contribution is -0.122. The van der Waals surface area contributed by atoms with Crippen LogP contribution in [-0.2, 0) is 9.53 Å². The van der Waals surface area contributed by atoms with Crippen LogP contribution in [0.3, 0.4) is 0 Å². The van der Waals surface area contributed by atoms with Gasteiger partial charge in [0, 0.05) is 20.1 Å². The van der Waals surface area contributed by atoms with Gasteiger partial charge in [-0.2, -0.15) is 0 Å². The minimum Gasteiger partial charge on any atom is -0.383 e. The first-order chi connectivity index (χ1) is 7.72. The Morgan fingerprint density at radius 3 is 2.81 bits per heavy atom. The molecular formula is C12H22N2O2. The van der Waals surface area contributed by atoms with Crippen molar-refractivity contribution < 1.29 is 9.53 Å². The number of hydrogen-bond donors (Lipinski definition) is 2. The van der Waals surface area contributed by atoms with Gasteiger partial charge in [-0.15, -0.1) is 12.3 Å². The highest BCUT2D eigenvalue weighted by Crippen LogP contribution is 1.92. The average Bonchev–Trinajstić information content (AvgIpc) is 2.28. The molecule has 2 N–H and O–H groups in total. The second-order valence-corrected chi connectivity index (χ2v) is 3.62. The number of ether oxygens (including phenoxy) is 1. The summed E-state index contributed by atoms with van der Waals surface area (Å²) in [6.07, 6.45) is 7.94. The van der Waals surface area contributed by atoms with Crippen LogP contribution in [0.1, 0.15) is 26.2 Å². The summed E-state index contributed by atoms with van der Waals surface area (Å²) in [5.74, 6) is 2.60. The maximum Gasteiger partial charge on any atom is 0.236 e. The van der Waals surface area contributed by atoms with Gasteiger partial charge < -0.3 is 15.4 Å². The van der Waals surface area contributed by atoms with Crippen molar-refractivity contribution >= 4 is 5.91 Å². The van der Waals surface area contributed by atoms with Crippen molar-refractivity contribution in [1.29, 1.82) is 0 Å². The molecule has 0 aromatic rings. The van der Waals surface area contributed by atoms with Gasteiger partial charge in [-0.05, 0) is 26.3 Å². The topological polar surface area (TPSA) is 50.4 Å². The fraction of sp³-hybridized carbons (Fsp3) is 0.750. The molecule has 16 heavy (non-hydrogen) atoms. The maximum absolute atomic E-state index is 11.5. The summed E-state index contributed by atoms with van der Waals surface area (Å²) in [6, 6.07) is -0.164. The molecule has 0 aromatic carbocycles. The van der Waals surface area contributed by atoms with Gasteiger partial charge in [0.25, 0.3) is 0 Å². The normalized spacial score (nSPS) is 11.8. The first kappa shape index (κ1) is 14.9. The van der Waals surface area contributed by atoms with E-state index in [2.05, 4.69) is 16.6 Å². The second-order valence-electron chi connectivity index (χ2n) is 3.62. The van der Waals surface area contributed by atoms with Crippen LogP contribution in [0.5, 0.6) is 0 Å². The quantitative estimate of drug-likeness (QED) is 0.445. The van der Waals surface area contributed by atoms with E-state index in [1.165, 1.54) is 0 Å².